The molecule has 1 aliphatic rings. The summed E-state index contributed by atoms with van der Waals surface area (Å²) in [4.78, 5) is 23.2. The zero-order chi connectivity index (χ0) is 13.8. The van der Waals surface area contributed by atoms with Crippen LogP contribution in [-0.2, 0) is 9.59 Å². The van der Waals surface area contributed by atoms with E-state index in [1.165, 1.54) is 0 Å². The van der Waals surface area contributed by atoms with Crippen molar-refractivity contribution in [3.05, 3.63) is 0 Å². The van der Waals surface area contributed by atoms with Crippen LogP contribution in [0.4, 0.5) is 0 Å². The van der Waals surface area contributed by atoms with Crippen molar-refractivity contribution < 1.29 is 14.7 Å². The van der Waals surface area contributed by atoms with Crippen molar-refractivity contribution >= 4 is 11.9 Å². The molecule has 104 valence electrons. The predicted octanol–water partition coefficient (Wildman–Crippen LogP) is 2.43. The molecule has 0 saturated heterocycles. The minimum absolute atomic E-state index is 0.119. The third-order valence-electron chi connectivity index (χ3n) is 4.27. The lowest BCUT2D eigenvalue weighted by Gasteiger charge is -2.24. The molecule has 2 N–H and O–H groups in total. The number of amides is 1. The highest BCUT2D eigenvalue weighted by molar-refractivity contribution is 5.85. The molecule has 1 atom stereocenters. The number of carboxylic acids is 1. The van der Waals surface area contributed by atoms with Gasteiger partial charge in [-0.15, -0.1) is 0 Å². The van der Waals surface area contributed by atoms with E-state index >= 15 is 0 Å². The molecule has 1 fully saturated rings. The first-order chi connectivity index (χ1) is 8.37. The molecule has 1 aliphatic carbocycles. The van der Waals surface area contributed by atoms with E-state index in [1.54, 1.807) is 0 Å². The lowest BCUT2D eigenvalue weighted by molar-refractivity contribution is -0.151. The standard InChI is InChI=1S/C14H25NO3/c1-10(2)11(3)9-15-12(16)8-14(13(17)18)6-4-5-7-14/h10-11H,4-9H2,1-3H3,(H,15,16)(H,17,18). The van der Waals surface area contributed by atoms with Gasteiger partial charge in [0.2, 0.25) is 5.91 Å². The molecule has 1 unspecified atom stereocenters. The van der Waals surface area contributed by atoms with E-state index < -0.39 is 11.4 Å². The number of nitrogens with one attached hydrogen (secondary N) is 1. The smallest absolute Gasteiger partial charge is 0.310 e. The fraction of sp³-hybridized carbons (Fsp3) is 0.857. The molecule has 0 heterocycles. The molecule has 1 saturated carbocycles. The number of aliphatic carboxylic acids is 1. The van der Waals surface area contributed by atoms with Gasteiger partial charge in [0.15, 0.2) is 0 Å². The molecule has 0 aromatic carbocycles. The lowest BCUT2D eigenvalue weighted by Crippen LogP contribution is -2.37. The summed E-state index contributed by atoms with van der Waals surface area (Å²) in [6.45, 7) is 6.96. The van der Waals surface area contributed by atoms with Crippen molar-refractivity contribution in [1.82, 2.24) is 5.32 Å². The van der Waals surface area contributed by atoms with Gasteiger partial charge in [0.1, 0.15) is 0 Å². The van der Waals surface area contributed by atoms with Crippen molar-refractivity contribution in [2.75, 3.05) is 6.54 Å². The number of hydrogen-bond acceptors (Lipinski definition) is 2. The molecule has 0 radical (unpaired) electrons. The zero-order valence-corrected chi connectivity index (χ0v) is 11.7. The molecule has 0 aromatic rings. The quantitative estimate of drug-likeness (QED) is 0.766. The summed E-state index contributed by atoms with van der Waals surface area (Å²) in [7, 11) is 0. The normalized spacial score (nSPS) is 19.8. The van der Waals surface area contributed by atoms with E-state index in [9.17, 15) is 14.7 Å². The van der Waals surface area contributed by atoms with Gasteiger partial charge in [0.25, 0.3) is 0 Å². The first-order valence-corrected chi connectivity index (χ1v) is 6.87. The Morgan fingerprint density at radius 3 is 2.22 bits per heavy atom. The monoisotopic (exact) mass is 255 g/mol. The molecule has 4 heteroatoms. The van der Waals surface area contributed by atoms with Crippen LogP contribution in [0, 0.1) is 17.3 Å². The summed E-state index contributed by atoms with van der Waals surface area (Å²) in [5.74, 6) is 0.00220. The number of carbonyl (C=O) groups excluding carboxylic acids is 1. The summed E-state index contributed by atoms with van der Waals surface area (Å²) in [5, 5.41) is 12.2. The Hall–Kier alpha value is -1.06. The zero-order valence-electron chi connectivity index (χ0n) is 11.7. The Morgan fingerprint density at radius 1 is 1.22 bits per heavy atom. The molecule has 0 spiro atoms. The minimum Gasteiger partial charge on any atom is -0.481 e. The van der Waals surface area contributed by atoms with Gasteiger partial charge in [-0.3, -0.25) is 9.59 Å². The molecule has 18 heavy (non-hydrogen) atoms. The number of hydrogen-bond donors (Lipinski definition) is 2. The molecule has 1 rings (SSSR count). The highest BCUT2D eigenvalue weighted by atomic mass is 16.4. The highest BCUT2D eigenvalue weighted by Crippen LogP contribution is 2.41. The third kappa shape index (κ3) is 3.72. The van der Waals surface area contributed by atoms with Gasteiger partial charge >= 0.3 is 5.97 Å². The Kier molecular flexibility index (Phi) is 5.17. The summed E-state index contributed by atoms with van der Waals surface area (Å²) < 4.78 is 0. The fourth-order valence-corrected chi connectivity index (χ4v) is 2.40. The third-order valence-corrected chi connectivity index (χ3v) is 4.27. The van der Waals surface area contributed by atoms with Crippen LogP contribution in [0.15, 0.2) is 0 Å². The number of carboxylic acid groups (broad SMARTS) is 1. The van der Waals surface area contributed by atoms with Crippen LogP contribution in [0.5, 0.6) is 0 Å². The Bertz CT molecular complexity index is 306. The second kappa shape index (κ2) is 6.21. The van der Waals surface area contributed by atoms with Crippen molar-refractivity contribution in [3.8, 4) is 0 Å². The molecule has 0 bridgehead atoms. The van der Waals surface area contributed by atoms with E-state index in [0.29, 0.717) is 31.2 Å². The summed E-state index contributed by atoms with van der Waals surface area (Å²) >= 11 is 0. The maximum atomic E-state index is 11.9. The molecular weight excluding hydrogens is 230 g/mol. The highest BCUT2D eigenvalue weighted by Gasteiger charge is 2.42. The van der Waals surface area contributed by atoms with Crippen LogP contribution in [0.25, 0.3) is 0 Å². The molecule has 0 aliphatic heterocycles. The van der Waals surface area contributed by atoms with Gasteiger partial charge in [0.05, 0.1) is 5.41 Å². The van der Waals surface area contributed by atoms with Crippen LogP contribution in [0.1, 0.15) is 52.9 Å². The van der Waals surface area contributed by atoms with Gasteiger partial charge in [-0.2, -0.15) is 0 Å². The average molecular weight is 255 g/mol. The average Bonchev–Trinajstić information content (AvgIpc) is 2.75. The van der Waals surface area contributed by atoms with Crippen molar-refractivity contribution in [3.63, 3.8) is 0 Å². The van der Waals surface area contributed by atoms with Crippen LogP contribution >= 0.6 is 0 Å². The largest absolute Gasteiger partial charge is 0.481 e. The maximum absolute atomic E-state index is 11.9. The topological polar surface area (TPSA) is 66.4 Å². The van der Waals surface area contributed by atoms with Gasteiger partial charge in [-0.05, 0) is 24.7 Å². The van der Waals surface area contributed by atoms with E-state index in [1.807, 2.05) is 0 Å². The summed E-state index contributed by atoms with van der Waals surface area (Å²) in [6, 6.07) is 0. The van der Waals surface area contributed by atoms with Crippen LogP contribution in [0.2, 0.25) is 0 Å². The Morgan fingerprint density at radius 2 is 1.78 bits per heavy atom. The molecule has 1 amide bonds. The van der Waals surface area contributed by atoms with Crippen LogP contribution < -0.4 is 5.32 Å². The Labute approximate surface area is 109 Å². The van der Waals surface area contributed by atoms with E-state index in [2.05, 4.69) is 26.1 Å². The molecular formula is C14H25NO3. The van der Waals surface area contributed by atoms with Crippen molar-refractivity contribution in [1.29, 1.82) is 0 Å². The first kappa shape index (κ1) is 15.0. The maximum Gasteiger partial charge on any atom is 0.310 e. The number of rotatable bonds is 6. The fourth-order valence-electron chi connectivity index (χ4n) is 2.40. The van der Waals surface area contributed by atoms with Gasteiger partial charge in [0, 0.05) is 13.0 Å². The summed E-state index contributed by atoms with van der Waals surface area (Å²) in [6.07, 6.45) is 3.24. The van der Waals surface area contributed by atoms with Crippen molar-refractivity contribution in [2.45, 2.75) is 52.9 Å². The van der Waals surface area contributed by atoms with Gasteiger partial charge in [-0.1, -0.05) is 33.6 Å². The predicted molar refractivity (Wildman–Crippen MR) is 70.2 cm³/mol. The second-order valence-electron chi connectivity index (χ2n) is 5.99. The second-order valence-corrected chi connectivity index (χ2v) is 5.99. The van der Waals surface area contributed by atoms with Gasteiger partial charge in [-0.25, -0.2) is 0 Å². The SMILES string of the molecule is CC(C)C(C)CNC(=O)CC1(C(=O)O)CCCC1. The van der Waals surface area contributed by atoms with Crippen LogP contribution in [0.3, 0.4) is 0 Å². The minimum atomic E-state index is -0.813. The number of carbonyl (C=O) groups is 2. The molecule has 0 aromatic heterocycles. The molecule has 4 nitrogen and oxygen atoms in total. The van der Waals surface area contributed by atoms with Crippen LogP contribution in [-0.4, -0.2) is 23.5 Å². The van der Waals surface area contributed by atoms with Crippen molar-refractivity contribution in [2.24, 2.45) is 17.3 Å². The van der Waals surface area contributed by atoms with E-state index in [4.69, 9.17) is 0 Å². The Balaban J connectivity index is 2.46. The van der Waals surface area contributed by atoms with E-state index in [0.717, 1.165) is 12.8 Å². The van der Waals surface area contributed by atoms with E-state index in [-0.39, 0.29) is 12.3 Å². The summed E-state index contributed by atoms with van der Waals surface area (Å²) in [5.41, 5.74) is -0.800. The van der Waals surface area contributed by atoms with Gasteiger partial charge < -0.3 is 10.4 Å². The lowest BCUT2D eigenvalue weighted by atomic mass is 9.82. The first-order valence-electron chi connectivity index (χ1n) is 6.87.